The number of unbranched alkanes of at least 4 members (excludes halogenated alkanes) is 2. The van der Waals surface area contributed by atoms with Gasteiger partial charge in [0.05, 0.1) is 31.1 Å². The van der Waals surface area contributed by atoms with E-state index in [2.05, 4.69) is 237 Å². The summed E-state index contributed by atoms with van der Waals surface area (Å²) in [7, 11) is -8.11. The lowest BCUT2D eigenvalue weighted by Gasteiger charge is -2.12. The topological polar surface area (TPSA) is 114 Å². The van der Waals surface area contributed by atoms with Crippen LogP contribution in [0.25, 0.3) is 44.5 Å². The zero-order valence-electron chi connectivity index (χ0n) is 40.8. The molecule has 372 valence electrons. The molecule has 0 heterocycles. The second-order valence-electron chi connectivity index (χ2n) is 16.9. The molecule has 1 unspecified atom stereocenters. The molecule has 9 rings (SSSR count). The van der Waals surface area contributed by atoms with Crippen molar-refractivity contribution in [3.8, 4) is 44.5 Å². The van der Waals surface area contributed by atoms with E-state index in [0.29, 0.717) is 12.8 Å². The van der Waals surface area contributed by atoms with Crippen molar-refractivity contribution in [2.75, 3.05) is 11.5 Å². The number of hydrogen-bond donors (Lipinski definition) is 0. The minimum absolute atomic E-state index is 0.219. The Balaban J connectivity index is 0.000000422. The predicted octanol–water partition coefficient (Wildman–Crippen LogP) is 15.5. The summed E-state index contributed by atoms with van der Waals surface area (Å²) in [5.74, 6) is -0.438. The lowest BCUT2D eigenvalue weighted by atomic mass is 10.0. The smallest absolute Gasteiger partial charge is 0.166 e. The molecule has 0 saturated heterocycles. The van der Waals surface area contributed by atoms with Crippen molar-refractivity contribution >= 4 is 54.7 Å². The molecule has 0 aliphatic heterocycles. The van der Waals surface area contributed by atoms with Crippen LogP contribution in [-0.2, 0) is 42.9 Å². The monoisotopic (exact) mass is 1060 g/mol. The first kappa shape index (κ1) is 54.6. The second-order valence-corrected chi connectivity index (χ2v) is 24.3. The van der Waals surface area contributed by atoms with Crippen LogP contribution in [0.4, 0.5) is 0 Å². The van der Waals surface area contributed by atoms with Gasteiger partial charge in [0.15, 0.2) is 24.5 Å². The number of thiol groups is 1. The van der Waals surface area contributed by atoms with Gasteiger partial charge in [0, 0.05) is 44.7 Å². The Hall–Kier alpha value is -6.15. The molecule has 6 nitrogen and oxygen atoms in total. The molecule has 0 radical (unpaired) electrons. The minimum Gasteiger partial charge on any atom is -0.748 e. The van der Waals surface area contributed by atoms with Crippen molar-refractivity contribution in [2.24, 2.45) is 0 Å². The summed E-state index contributed by atoms with van der Waals surface area (Å²) in [6.07, 6.45) is 2.46. The van der Waals surface area contributed by atoms with Crippen LogP contribution < -0.4 is 0 Å². The van der Waals surface area contributed by atoms with E-state index in [1.807, 2.05) is 25.6 Å². The highest BCUT2D eigenvalue weighted by atomic mass is 32.2. The molecular formula is C62H58O6S5. The second kappa shape index (κ2) is 27.2. The van der Waals surface area contributed by atoms with Gasteiger partial charge < -0.3 is 9.11 Å². The van der Waals surface area contributed by atoms with E-state index >= 15 is 0 Å². The average Bonchev–Trinajstić information content (AvgIpc) is 3.42. The van der Waals surface area contributed by atoms with Gasteiger partial charge in [-0.25, -0.2) is 16.8 Å². The predicted molar refractivity (Wildman–Crippen MR) is 304 cm³/mol. The molecule has 73 heavy (non-hydrogen) atoms. The summed E-state index contributed by atoms with van der Waals surface area (Å²) < 4.78 is 59.0. The van der Waals surface area contributed by atoms with Crippen molar-refractivity contribution in [3.63, 3.8) is 0 Å². The fraction of sp³-hybridized carbons (Fsp3) is 0.129. The van der Waals surface area contributed by atoms with Gasteiger partial charge in [-0.3, -0.25) is 0 Å². The van der Waals surface area contributed by atoms with Crippen molar-refractivity contribution in [1.82, 2.24) is 0 Å². The summed E-state index contributed by atoms with van der Waals surface area (Å²) in [4.78, 5) is 8.97. The molecule has 0 N–H and O–H groups in total. The van der Waals surface area contributed by atoms with Gasteiger partial charge in [-0.2, -0.15) is 0 Å². The van der Waals surface area contributed by atoms with Gasteiger partial charge in [-0.05, 0) is 137 Å². The van der Waals surface area contributed by atoms with E-state index in [0.717, 1.165) is 12.8 Å². The van der Waals surface area contributed by atoms with Gasteiger partial charge in [0.1, 0.15) is 0 Å². The maximum atomic E-state index is 9.83. The summed E-state index contributed by atoms with van der Waals surface area (Å²) in [5, 5.41) is 0. The molecule has 9 aromatic rings. The molecule has 0 fully saturated rings. The van der Waals surface area contributed by atoms with Gasteiger partial charge in [0.2, 0.25) is 0 Å². The third-order valence-electron chi connectivity index (χ3n) is 11.5. The van der Waals surface area contributed by atoms with Crippen LogP contribution >= 0.6 is 11.8 Å². The summed E-state index contributed by atoms with van der Waals surface area (Å²) in [5.41, 5.74) is 9.91. The van der Waals surface area contributed by atoms with Crippen LogP contribution in [0, 0.1) is 0 Å². The average molecular weight is 1060 g/mol. The van der Waals surface area contributed by atoms with Crippen molar-refractivity contribution in [2.45, 2.75) is 73.8 Å². The van der Waals surface area contributed by atoms with Gasteiger partial charge in [0.25, 0.3) is 0 Å². The van der Waals surface area contributed by atoms with E-state index in [4.69, 9.17) is 0 Å². The van der Waals surface area contributed by atoms with E-state index in [1.54, 1.807) is 0 Å². The standard InChI is InChI=1S/C54H39S3.2C4H10O3S/c1-5-15-40(16-6-1)42-25-27-45(28-26-42)51-23-13-14-24-53(51)56-47-33-38-52(44-19-9-3-10-20-44)54(39-47)55-46-31-36-50(37-32-46)57(48-21-11-4-12-22-48)49-34-29-43(30-35-49)41-17-7-2-8-18-41;2*1-2-3-4-8(5,6)7/h1-39H;2*2-4H2,1H3,(H,5,6,7)/q+1;;/p-1. The fourth-order valence-electron chi connectivity index (χ4n) is 7.74. The van der Waals surface area contributed by atoms with Gasteiger partial charge in [-0.1, -0.05) is 184 Å². The Bertz CT molecular complexity index is 3290. The highest BCUT2D eigenvalue weighted by Crippen LogP contribution is 2.40. The quantitative estimate of drug-likeness (QED) is 0.0507. The Labute approximate surface area is 443 Å². The Morgan fingerprint density at radius 3 is 1.27 bits per heavy atom. The molecule has 0 aliphatic carbocycles. The largest absolute Gasteiger partial charge is 0.748 e. The first-order valence-electron chi connectivity index (χ1n) is 24.1. The molecular weight excluding hydrogens is 1000 g/mol. The Morgan fingerprint density at radius 1 is 0.411 bits per heavy atom. The van der Waals surface area contributed by atoms with E-state index in [1.165, 1.54) is 90.5 Å². The lowest BCUT2D eigenvalue weighted by molar-refractivity contribution is 0.458. The SMILES string of the molecule is CCCCS(=O)(=O)[O-].CCCCS(=O)(=O)[O-].c1ccc(-c2ccc(-c3ccccc3[SH+]c3ccc(-c4ccccc4)c(Sc4ccc([S+](c5ccccc5)c5ccc(-c6ccccc6)cc5)cc4)c3)cc2)cc1. The first-order chi connectivity index (χ1) is 35.4. The highest BCUT2D eigenvalue weighted by molar-refractivity contribution is 7.99. The number of hydrogen-bond acceptors (Lipinski definition) is 7. The number of benzene rings is 9. The molecule has 0 aromatic heterocycles. The zero-order valence-corrected chi connectivity index (χ0v) is 44.9. The third-order valence-corrected chi connectivity index (χ3v) is 17.5. The molecule has 0 spiro atoms. The summed E-state index contributed by atoms with van der Waals surface area (Å²) in [6, 6.07) is 86.0. The molecule has 0 saturated carbocycles. The summed E-state index contributed by atoms with van der Waals surface area (Å²) >= 11 is 3.02. The van der Waals surface area contributed by atoms with Crippen LogP contribution in [0.2, 0.25) is 0 Å². The van der Waals surface area contributed by atoms with Crippen molar-refractivity contribution in [3.05, 3.63) is 237 Å². The van der Waals surface area contributed by atoms with Crippen LogP contribution in [0.5, 0.6) is 0 Å². The normalized spacial score (nSPS) is 11.6. The highest BCUT2D eigenvalue weighted by Gasteiger charge is 2.29. The minimum atomic E-state index is -3.94. The van der Waals surface area contributed by atoms with Crippen molar-refractivity contribution < 1.29 is 25.9 Å². The Morgan fingerprint density at radius 2 is 0.795 bits per heavy atom. The number of rotatable bonds is 17. The molecule has 9 aromatic carbocycles. The lowest BCUT2D eigenvalue weighted by Crippen LogP contribution is -2.04. The summed E-state index contributed by atoms with van der Waals surface area (Å²) in [6.45, 7) is 3.68. The van der Waals surface area contributed by atoms with Gasteiger partial charge in [-0.15, -0.1) is 0 Å². The fourth-order valence-corrected chi connectivity index (χ4v) is 13.3. The maximum absolute atomic E-state index is 9.83. The van der Waals surface area contributed by atoms with Gasteiger partial charge >= 0.3 is 0 Å². The molecule has 0 amide bonds. The molecule has 0 aliphatic rings. The van der Waals surface area contributed by atoms with E-state index < -0.39 is 20.2 Å². The molecule has 0 bridgehead atoms. The van der Waals surface area contributed by atoms with Crippen LogP contribution in [0.15, 0.2) is 271 Å². The maximum Gasteiger partial charge on any atom is 0.166 e. The molecule has 11 heteroatoms. The van der Waals surface area contributed by atoms with E-state index in [9.17, 15) is 25.9 Å². The molecule has 1 atom stereocenters. The van der Waals surface area contributed by atoms with Crippen LogP contribution in [0.1, 0.15) is 39.5 Å². The van der Waals surface area contributed by atoms with Crippen LogP contribution in [0.3, 0.4) is 0 Å². The third kappa shape index (κ3) is 17.0. The first-order valence-corrected chi connectivity index (χ1v) is 30.2. The van der Waals surface area contributed by atoms with E-state index in [-0.39, 0.29) is 22.4 Å². The van der Waals surface area contributed by atoms with Crippen molar-refractivity contribution in [1.29, 1.82) is 0 Å². The van der Waals surface area contributed by atoms with Crippen LogP contribution in [-0.4, -0.2) is 37.4 Å². The Kier molecular flexibility index (Phi) is 20.4. The zero-order chi connectivity index (χ0) is 51.5.